The molecule has 3 nitrogen and oxygen atoms in total. The second kappa shape index (κ2) is 5.91. The molecule has 1 aliphatic heterocycles. The molecule has 0 radical (unpaired) electrons. The number of fused-ring (bicyclic) bond motifs is 3. The number of benzene rings is 2. The van der Waals surface area contributed by atoms with Crippen molar-refractivity contribution >= 4 is 5.78 Å². The van der Waals surface area contributed by atoms with Gasteiger partial charge in [0.05, 0.1) is 12.7 Å². The monoisotopic (exact) mass is 320 g/mol. The summed E-state index contributed by atoms with van der Waals surface area (Å²) >= 11 is 0. The van der Waals surface area contributed by atoms with Crippen molar-refractivity contribution in [2.75, 3.05) is 6.61 Å². The first-order valence-corrected chi connectivity index (χ1v) is 8.31. The van der Waals surface area contributed by atoms with Gasteiger partial charge in [0.1, 0.15) is 5.75 Å². The summed E-state index contributed by atoms with van der Waals surface area (Å²) in [5.74, 6) is 0.752. The molecule has 24 heavy (non-hydrogen) atoms. The van der Waals surface area contributed by atoms with Crippen LogP contribution in [0.5, 0.6) is 5.75 Å². The zero-order valence-electron chi connectivity index (χ0n) is 13.7. The van der Waals surface area contributed by atoms with Crippen LogP contribution in [0, 0.1) is 0 Å². The van der Waals surface area contributed by atoms with Gasteiger partial charge in [0, 0.05) is 18.4 Å². The number of hydrogen-bond donors (Lipinski definition) is 0. The van der Waals surface area contributed by atoms with Crippen LogP contribution in [0.3, 0.4) is 0 Å². The summed E-state index contributed by atoms with van der Waals surface area (Å²) in [6.45, 7) is 6.22. The maximum atomic E-state index is 12.4. The Labute approximate surface area is 141 Å². The second-order valence-electron chi connectivity index (χ2n) is 6.56. The van der Waals surface area contributed by atoms with Gasteiger partial charge in [-0.2, -0.15) is 0 Å². The molecule has 1 fully saturated rings. The van der Waals surface area contributed by atoms with Crippen LogP contribution in [0.25, 0.3) is 11.1 Å². The first-order valence-electron chi connectivity index (χ1n) is 8.31. The smallest absolute Gasteiger partial charge is 0.198 e. The molecule has 122 valence electrons. The Morgan fingerprint density at radius 3 is 2.75 bits per heavy atom. The molecule has 1 aliphatic carbocycles. The van der Waals surface area contributed by atoms with Crippen molar-refractivity contribution in [2.45, 2.75) is 32.0 Å². The van der Waals surface area contributed by atoms with E-state index in [1.165, 1.54) is 16.7 Å². The molecule has 2 aliphatic rings. The number of ether oxygens (including phenoxy) is 2. The van der Waals surface area contributed by atoms with Crippen LogP contribution in [-0.2, 0) is 16.0 Å². The summed E-state index contributed by atoms with van der Waals surface area (Å²) in [7, 11) is 0. The molecule has 2 aromatic rings. The van der Waals surface area contributed by atoms with E-state index < -0.39 is 6.10 Å². The lowest BCUT2D eigenvalue weighted by molar-refractivity contribution is -0.122. The Morgan fingerprint density at radius 2 is 2.00 bits per heavy atom. The normalized spacial score (nSPS) is 18.5. The molecule has 2 unspecified atom stereocenters. The van der Waals surface area contributed by atoms with Gasteiger partial charge in [-0.05, 0) is 35.3 Å². The minimum atomic E-state index is -0.523. The first kappa shape index (κ1) is 15.2. The van der Waals surface area contributed by atoms with Gasteiger partial charge < -0.3 is 9.47 Å². The van der Waals surface area contributed by atoms with Crippen molar-refractivity contribution in [2.24, 2.45) is 0 Å². The molecule has 2 atom stereocenters. The van der Waals surface area contributed by atoms with Gasteiger partial charge in [-0.25, -0.2) is 0 Å². The van der Waals surface area contributed by atoms with Crippen LogP contribution in [-0.4, -0.2) is 24.6 Å². The topological polar surface area (TPSA) is 38.8 Å². The lowest BCUT2D eigenvalue weighted by Crippen LogP contribution is -2.30. The van der Waals surface area contributed by atoms with Crippen LogP contribution >= 0.6 is 0 Å². The summed E-state index contributed by atoms with van der Waals surface area (Å²) in [6, 6.07) is 14.5. The molecular formula is C21H20O3. The van der Waals surface area contributed by atoms with E-state index in [1.807, 2.05) is 12.1 Å². The molecule has 4 rings (SSSR count). The van der Waals surface area contributed by atoms with Gasteiger partial charge >= 0.3 is 0 Å². The molecule has 0 aromatic heterocycles. The summed E-state index contributed by atoms with van der Waals surface area (Å²) in [4.78, 5) is 12.4. The minimum Gasteiger partial charge on any atom is -0.482 e. The van der Waals surface area contributed by atoms with Crippen molar-refractivity contribution in [1.82, 2.24) is 0 Å². The third kappa shape index (κ3) is 2.76. The largest absolute Gasteiger partial charge is 0.482 e. The van der Waals surface area contributed by atoms with Crippen LogP contribution in [0.4, 0.5) is 0 Å². The number of epoxide rings is 1. The molecule has 0 N–H and O–H groups in total. The van der Waals surface area contributed by atoms with E-state index >= 15 is 0 Å². The van der Waals surface area contributed by atoms with Crippen LogP contribution in [0.1, 0.15) is 24.5 Å². The van der Waals surface area contributed by atoms with Gasteiger partial charge in [-0.1, -0.05) is 43.0 Å². The SMILES string of the molecule is C=C(C)C(=O)C(CC1CO1)Oc1cccc2c1Cc1ccccc1-2. The summed E-state index contributed by atoms with van der Waals surface area (Å²) in [5.41, 5.74) is 5.45. The van der Waals surface area contributed by atoms with Gasteiger partial charge in [0.2, 0.25) is 0 Å². The van der Waals surface area contributed by atoms with E-state index in [2.05, 4.69) is 36.9 Å². The Balaban J connectivity index is 1.65. The van der Waals surface area contributed by atoms with Crippen molar-refractivity contribution in [3.8, 4) is 16.9 Å². The fourth-order valence-corrected chi connectivity index (χ4v) is 3.32. The Kier molecular flexibility index (Phi) is 3.73. The predicted molar refractivity (Wildman–Crippen MR) is 93.3 cm³/mol. The van der Waals surface area contributed by atoms with E-state index in [1.54, 1.807) is 6.92 Å². The first-order chi connectivity index (χ1) is 11.6. The van der Waals surface area contributed by atoms with Gasteiger partial charge in [-0.15, -0.1) is 0 Å². The molecule has 3 heteroatoms. The number of hydrogen-bond acceptors (Lipinski definition) is 3. The molecule has 2 aromatic carbocycles. The quantitative estimate of drug-likeness (QED) is 0.510. The molecule has 1 heterocycles. The molecular weight excluding hydrogens is 300 g/mol. The van der Waals surface area contributed by atoms with Gasteiger partial charge in [-0.3, -0.25) is 4.79 Å². The average Bonchev–Trinajstić information content (AvgIpc) is 3.31. The summed E-state index contributed by atoms with van der Waals surface area (Å²) in [5, 5.41) is 0. The van der Waals surface area contributed by atoms with Crippen LogP contribution in [0.2, 0.25) is 0 Å². The highest BCUT2D eigenvalue weighted by Gasteiger charge is 2.33. The maximum absolute atomic E-state index is 12.4. The van der Waals surface area contributed by atoms with E-state index in [0.29, 0.717) is 18.6 Å². The number of rotatable bonds is 6. The number of carbonyl (C=O) groups excluding carboxylic acids is 1. The lowest BCUT2D eigenvalue weighted by atomic mass is 10.0. The van der Waals surface area contributed by atoms with Crippen LogP contribution < -0.4 is 4.74 Å². The zero-order chi connectivity index (χ0) is 16.7. The lowest BCUT2D eigenvalue weighted by Gasteiger charge is -2.19. The molecule has 0 saturated carbocycles. The third-order valence-corrected chi connectivity index (χ3v) is 4.67. The zero-order valence-corrected chi connectivity index (χ0v) is 13.7. The fraction of sp³-hybridized carbons (Fsp3) is 0.286. The Hall–Kier alpha value is -2.39. The van der Waals surface area contributed by atoms with E-state index in [-0.39, 0.29) is 11.9 Å². The van der Waals surface area contributed by atoms with E-state index in [9.17, 15) is 4.79 Å². The average molecular weight is 320 g/mol. The van der Waals surface area contributed by atoms with Crippen molar-refractivity contribution in [3.05, 3.63) is 65.7 Å². The Morgan fingerprint density at radius 1 is 1.25 bits per heavy atom. The van der Waals surface area contributed by atoms with Crippen molar-refractivity contribution < 1.29 is 14.3 Å². The number of carbonyl (C=O) groups is 1. The summed E-state index contributed by atoms with van der Waals surface area (Å²) < 4.78 is 11.5. The van der Waals surface area contributed by atoms with E-state index in [0.717, 1.165) is 17.7 Å². The highest BCUT2D eigenvalue weighted by Crippen LogP contribution is 2.41. The highest BCUT2D eigenvalue weighted by atomic mass is 16.6. The van der Waals surface area contributed by atoms with Crippen molar-refractivity contribution in [3.63, 3.8) is 0 Å². The fourth-order valence-electron chi connectivity index (χ4n) is 3.32. The number of ketones is 1. The van der Waals surface area contributed by atoms with Crippen LogP contribution in [0.15, 0.2) is 54.6 Å². The summed E-state index contributed by atoms with van der Waals surface area (Å²) in [6.07, 6.45) is 1.04. The molecule has 0 bridgehead atoms. The van der Waals surface area contributed by atoms with E-state index in [4.69, 9.17) is 9.47 Å². The molecule has 0 amide bonds. The minimum absolute atomic E-state index is 0.0429. The van der Waals surface area contributed by atoms with Gasteiger partial charge in [0.15, 0.2) is 11.9 Å². The Bertz CT molecular complexity index is 818. The highest BCUT2D eigenvalue weighted by molar-refractivity contribution is 5.98. The second-order valence-corrected chi connectivity index (χ2v) is 6.56. The predicted octanol–water partition coefficient (Wildman–Crippen LogP) is 3.94. The molecule has 1 saturated heterocycles. The van der Waals surface area contributed by atoms with Crippen molar-refractivity contribution in [1.29, 1.82) is 0 Å². The standard InChI is InChI=1S/C21H20O3/c1-13(2)21(22)20(11-15-12-23-15)24-19-9-5-8-17-16-7-4-3-6-14(16)10-18(17)19/h3-9,15,20H,1,10-12H2,2H3. The third-order valence-electron chi connectivity index (χ3n) is 4.67. The number of Topliss-reactive ketones (excluding diaryl/α,β-unsaturated/α-hetero) is 1. The maximum Gasteiger partial charge on any atom is 0.198 e. The van der Waals surface area contributed by atoms with Gasteiger partial charge in [0.25, 0.3) is 0 Å². The molecule has 0 spiro atoms.